The van der Waals surface area contributed by atoms with Crippen LogP contribution in [0.25, 0.3) is 5.69 Å². The Hall–Kier alpha value is -2.21. The number of rotatable bonds is 4. The van der Waals surface area contributed by atoms with E-state index >= 15 is 0 Å². The molecule has 100 valence electrons. The van der Waals surface area contributed by atoms with Gasteiger partial charge in [0.15, 0.2) is 0 Å². The quantitative estimate of drug-likeness (QED) is 0.853. The van der Waals surface area contributed by atoms with Crippen LogP contribution in [0, 0.1) is 5.82 Å². The van der Waals surface area contributed by atoms with E-state index in [-0.39, 0.29) is 24.5 Å². The van der Waals surface area contributed by atoms with Crippen LogP contribution in [0.15, 0.2) is 30.6 Å². The lowest BCUT2D eigenvalue weighted by atomic mass is 10.2. The molecule has 0 unspecified atom stereocenters. The van der Waals surface area contributed by atoms with Crippen molar-refractivity contribution in [3.63, 3.8) is 0 Å². The molecule has 0 radical (unpaired) electrons. The second kappa shape index (κ2) is 5.62. The van der Waals surface area contributed by atoms with Crippen LogP contribution < -0.4 is 0 Å². The lowest BCUT2D eigenvalue weighted by Crippen LogP contribution is -2.03. The lowest BCUT2D eigenvalue weighted by Gasteiger charge is -2.04. The zero-order valence-corrected chi connectivity index (χ0v) is 10.3. The average molecular weight is 264 g/mol. The van der Waals surface area contributed by atoms with Crippen molar-refractivity contribution in [1.82, 2.24) is 9.78 Å². The molecule has 0 amide bonds. The molecule has 1 N–H and O–H groups in total. The summed E-state index contributed by atoms with van der Waals surface area (Å²) in [5, 5.41) is 12.8. The van der Waals surface area contributed by atoms with E-state index in [1.54, 1.807) is 13.0 Å². The van der Waals surface area contributed by atoms with Crippen LogP contribution in [0.2, 0.25) is 0 Å². The molecule has 0 fully saturated rings. The van der Waals surface area contributed by atoms with Gasteiger partial charge in [-0.15, -0.1) is 0 Å². The van der Waals surface area contributed by atoms with Gasteiger partial charge in [0.2, 0.25) is 0 Å². The molecule has 0 bridgehead atoms. The number of benzene rings is 1. The summed E-state index contributed by atoms with van der Waals surface area (Å²) in [6.07, 6.45) is 2.71. The number of esters is 1. The predicted octanol–water partition coefficient (Wildman–Crippen LogP) is 1.68. The largest absolute Gasteiger partial charge is 0.462 e. The molecular weight excluding hydrogens is 251 g/mol. The molecule has 1 heterocycles. The molecule has 0 atom stereocenters. The Morgan fingerprint density at radius 2 is 2.32 bits per heavy atom. The number of carbonyl (C=O) groups excluding carboxylic acids is 1. The van der Waals surface area contributed by atoms with Crippen molar-refractivity contribution in [3.05, 3.63) is 47.5 Å². The van der Waals surface area contributed by atoms with Crippen LogP contribution in [-0.2, 0) is 11.3 Å². The highest BCUT2D eigenvalue weighted by Gasteiger charge is 2.12. The van der Waals surface area contributed by atoms with Gasteiger partial charge in [-0.3, -0.25) is 0 Å². The van der Waals surface area contributed by atoms with Crippen molar-refractivity contribution in [2.75, 3.05) is 6.61 Å². The molecule has 1 aromatic carbocycles. The smallest absolute Gasteiger partial charge is 0.341 e. The Bertz CT molecular complexity index is 595. The van der Waals surface area contributed by atoms with Crippen LogP contribution in [-0.4, -0.2) is 27.5 Å². The molecular formula is C13H13FN2O3. The first-order valence-corrected chi connectivity index (χ1v) is 5.77. The monoisotopic (exact) mass is 264 g/mol. The summed E-state index contributed by atoms with van der Waals surface area (Å²) in [4.78, 5) is 11.5. The molecule has 2 rings (SSSR count). The standard InChI is InChI=1S/C13H13FN2O3/c1-2-19-13(18)10-6-15-16(7-10)12-4-3-9(8-17)5-11(12)14/h3-7,17H,2,8H2,1H3. The summed E-state index contributed by atoms with van der Waals surface area (Å²) < 4.78 is 19.9. The van der Waals surface area contributed by atoms with E-state index in [4.69, 9.17) is 9.84 Å². The van der Waals surface area contributed by atoms with E-state index in [0.29, 0.717) is 5.56 Å². The lowest BCUT2D eigenvalue weighted by molar-refractivity contribution is 0.0526. The number of carbonyl (C=O) groups is 1. The third-order valence-electron chi connectivity index (χ3n) is 2.54. The van der Waals surface area contributed by atoms with Crippen molar-refractivity contribution in [2.45, 2.75) is 13.5 Å². The maximum absolute atomic E-state index is 13.8. The zero-order chi connectivity index (χ0) is 13.8. The van der Waals surface area contributed by atoms with Crippen molar-refractivity contribution < 1.29 is 19.0 Å². The second-order valence-electron chi connectivity index (χ2n) is 3.84. The van der Waals surface area contributed by atoms with Gasteiger partial charge in [0, 0.05) is 6.20 Å². The van der Waals surface area contributed by atoms with Gasteiger partial charge in [0.25, 0.3) is 0 Å². The first-order valence-electron chi connectivity index (χ1n) is 5.77. The highest BCUT2D eigenvalue weighted by atomic mass is 19.1. The molecule has 1 aromatic heterocycles. The Morgan fingerprint density at radius 1 is 1.53 bits per heavy atom. The van der Waals surface area contributed by atoms with Crippen LogP contribution in [0.1, 0.15) is 22.8 Å². The number of aromatic nitrogens is 2. The van der Waals surface area contributed by atoms with Crippen LogP contribution in [0.3, 0.4) is 0 Å². The molecule has 2 aromatic rings. The van der Waals surface area contributed by atoms with Gasteiger partial charge in [0.1, 0.15) is 11.5 Å². The summed E-state index contributed by atoms with van der Waals surface area (Å²) in [5.74, 6) is -1.02. The summed E-state index contributed by atoms with van der Waals surface area (Å²) >= 11 is 0. The fourth-order valence-electron chi connectivity index (χ4n) is 1.61. The molecule has 5 nitrogen and oxygen atoms in total. The Morgan fingerprint density at radius 3 is 2.95 bits per heavy atom. The minimum atomic E-state index is -0.523. The highest BCUT2D eigenvalue weighted by molar-refractivity contribution is 5.88. The molecule has 0 saturated heterocycles. The Labute approximate surface area is 109 Å². The number of aliphatic hydroxyl groups excluding tert-OH is 1. The molecule has 0 aliphatic rings. The minimum Gasteiger partial charge on any atom is -0.462 e. The molecule has 0 aliphatic heterocycles. The van der Waals surface area contributed by atoms with Gasteiger partial charge in [-0.2, -0.15) is 5.10 Å². The van der Waals surface area contributed by atoms with E-state index < -0.39 is 11.8 Å². The van der Waals surface area contributed by atoms with Crippen LogP contribution >= 0.6 is 0 Å². The predicted molar refractivity (Wildman–Crippen MR) is 65.4 cm³/mol. The average Bonchev–Trinajstić information content (AvgIpc) is 2.88. The number of aliphatic hydroxyl groups is 1. The van der Waals surface area contributed by atoms with Crippen molar-refractivity contribution in [1.29, 1.82) is 0 Å². The van der Waals surface area contributed by atoms with E-state index in [1.165, 1.54) is 29.2 Å². The van der Waals surface area contributed by atoms with Crippen molar-refractivity contribution >= 4 is 5.97 Å². The zero-order valence-electron chi connectivity index (χ0n) is 10.3. The van der Waals surface area contributed by atoms with Gasteiger partial charge in [-0.25, -0.2) is 13.9 Å². The number of hydrogen-bond acceptors (Lipinski definition) is 4. The number of hydrogen-bond donors (Lipinski definition) is 1. The second-order valence-corrected chi connectivity index (χ2v) is 3.84. The number of halogens is 1. The van der Waals surface area contributed by atoms with Crippen molar-refractivity contribution in [3.8, 4) is 5.69 Å². The van der Waals surface area contributed by atoms with Gasteiger partial charge in [-0.05, 0) is 24.6 Å². The van der Waals surface area contributed by atoms with Crippen molar-refractivity contribution in [2.24, 2.45) is 0 Å². The fourth-order valence-corrected chi connectivity index (χ4v) is 1.61. The molecule has 0 spiro atoms. The highest BCUT2D eigenvalue weighted by Crippen LogP contribution is 2.15. The van der Waals surface area contributed by atoms with E-state index in [1.807, 2.05) is 0 Å². The summed E-state index contributed by atoms with van der Waals surface area (Å²) in [7, 11) is 0. The van der Waals surface area contributed by atoms with E-state index in [2.05, 4.69) is 5.10 Å². The molecule has 19 heavy (non-hydrogen) atoms. The maximum atomic E-state index is 13.8. The SMILES string of the molecule is CCOC(=O)c1cnn(-c2ccc(CO)cc2F)c1. The molecule has 0 aliphatic carbocycles. The van der Waals surface area contributed by atoms with Gasteiger partial charge in [-0.1, -0.05) is 6.07 Å². The molecule has 6 heteroatoms. The van der Waals surface area contributed by atoms with Gasteiger partial charge in [0.05, 0.1) is 25.0 Å². The minimum absolute atomic E-state index is 0.202. The summed E-state index contributed by atoms with van der Waals surface area (Å²) in [6.45, 7) is 1.74. The first kappa shape index (κ1) is 13.2. The van der Waals surface area contributed by atoms with Gasteiger partial charge >= 0.3 is 5.97 Å². The topological polar surface area (TPSA) is 64.3 Å². The normalized spacial score (nSPS) is 10.5. The van der Waals surface area contributed by atoms with Crippen LogP contribution in [0.4, 0.5) is 4.39 Å². The third-order valence-corrected chi connectivity index (χ3v) is 2.54. The molecule has 0 saturated carbocycles. The van der Waals surface area contributed by atoms with Gasteiger partial charge < -0.3 is 9.84 Å². The third kappa shape index (κ3) is 2.79. The van der Waals surface area contributed by atoms with E-state index in [0.717, 1.165) is 0 Å². The summed E-state index contributed by atoms with van der Waals surface area (Å²) in [5.41, 5.74) is 0.930. The Kier molecular flexibility index (Phi) is 3.91. The first-order chi connectivity index (χ1) is 9.15. The maximum Gasteiger partial charge on any atom is 0.341 e. The summed E-state index contributed by atoms with van der Waals surface area (Å²) in [6, 6.07) is 4.30. The number of nitrogens with zero attached hydrogens (tertiary/aromatic N) is 2. The van der Waals surface area contributed by atoms with E-state index in [9.17, 15) is 9.18 Å². The van der Waals surface area contributed by atoms with Crippen LogP contribution in [0.5, 0.6) is 0 Å². The Balaban J connectivity index is 2.30. The number of ether oxygens (including phenoxy) is 1. The fraction of sp³-hybridized carbons (Fsp3) is 0.231.